The van der Waals surface area contributed by atoms with Crippen LogP contribution in [0.1, 0.15) is 31.8 Å². The number of alkyl halides is 3. The van der Waals surface area contributed by atoms with Gasteiger partial charge in [-0.2, -0.15) is 13.2 Å². The van der Waals surface area contributed by atoms with Crippen molar-refractivity contribution in [2.24, 2.45) is 5.92 Å². The number of hydrogen-bond acceptors (Lipinski definition) is 2. The lowest BCUT2D eigenvalue weighted by atomic mass is 10.0. The van der Waals surface area contributed by atoms with Crippen LogP contribution in [-0.4, -0.2) is 9.97 Å². The smallest absolute Gasteiger partial charge is 0.233 e. The second-order valence-corrected chi connectivity index (χ2v) is 3.59. The molecular weight excluding hydrogens is 205 g/mol. The van der Waals surface area contributed by atoms with Crippen molar-refractivity contribution < 1.29 is 13.2 Å². The third kappa shape index (κ3) is 3.49. The lowest BCUT2D eigenvalue weighted by molar-refractivity contribution is -0.145. The summed E-state index contributed by atoms with van der Waals surface area (Å²) in [6, 6.07) is 1.53. The molecule has 15 heavy (non-hydrogen) atoms. The number of rotatable bonds is 3. The summed E-state index contributed by atoms with van der Waals surface area (Å²) in [4.78, 5) is 6.70. The second kappa shape index (κ2) is 4.59. The largest absolute Gasteiger partial charge is 0.451 e. The van der Waals surface area contributed by atoms with Crippen LogP contribution in [-0.2, 0) is 12.6 Å². The van der Waals surface area contributed by atoms with Crippen LogP contribution >= 0.6 is 0 Å². The van der Waals surface area contributed by atoms with Crippen LogP contribution in [0.3, 0.4) is 0 Å². The standard InChI is InChI=1S/C10H13F3N2/c1-3-7(2)6-8-4-5-14-9(15-8)10(11,12)13/h4-5,7H,3,6H2,1-2H3. The summed E-state index contributed by atoms with van der Waals surface area (Å²) in [6.07, 6.45) is -1.81. The fourth-order valence-corrected chi connectivity index (χ4v) is 1.15. The van der Waals surface area contributed by atoms with Crippen molar-refractivity contribution in [2.45, 2.75) is 32.9 Å². The highest BCUT2D eigenvalue weighted by molar-refractivity contribution is 5.05. The Kier molecular flexibility index (Phi) is 3.66. The molecule has 1 rings (SSSR count). The molecule has 2 nitrogen and oxygen atoms in total. The molecule has 0 fully saturated rings. The molecule has 0 N–H and O–H groups in total. The third-order valence-corrected chi connectivity index (χ3v) is 2.22. The first-order chi connectivity index (χ1) is 6.93. The van der Waals surface area contributed by atoms with Gasteiger partial charge in [0.1, 0.15) is 0 Å². The minimum absolute atomic E-state index is 0.334. The molecular formula is C10H13F3N2. The highest BCUT2D eigenvalue weighted by Crippen LogP contribution is 2.25. The molecule has 0 amide bonds. The summed E-state index contributed by atoms with van der Waals surface area (Å²) >= 11 is 0. The zero-order valence-electron chi connectivity index (χ0n) is 8.67. The first-order valence-electron chi connectivity index (χ1n) is 4.82. The average Bonchev–Trinajstić information content (AvgIpc) is 2.17. The summed E-state index contributed by atoms with van der Waals surface area (Å²) in [7, 11) is 0. The van der Waals surface area contributed by atoms with Crippen LogP contribution in [0.4, 0.5) is 13.2 Å². The molecule has 1 aromatic rings. The first-order valence-corrected chi connectivity index (χ1v) is 4.82. The first kappa shape index (κ1) is 11.9. The lowest BCUT2D eigenvalue weighted by Crippen LogP contribution is -2.13. The minimum atomic E-state index is -4.45. The lowest BCUT2D eigenvalue weighted by Gasteiger charge is -2.09. The van der Waals surface area contributed by atoms with Gasteiger partial charge in [-0.15, -0.1) is 0 Å². The van der Waals surface area contributed by atoms with Crippen LogP contribution in [0.2, 0.25) is 0 Å². The van der Waals surface area contributed by atoms with Gasteiger partial charge in [0.05, 0.1) is 0 Å². The van der Waals surface area contributed by atoms with Gasteiger partial charge < -0.3 is 0 Å². The number of nitrogens with zero attached hydrogens (tertiary/aromatic N) is 2. The van der Waals surface area contributed by atoms with E-state index in [2.05, 4.69) is 9.97 Å². The van der Waals surface area contributed by atoms with E-state index in [9.17, 15) is 13.2 Å². The van der Waals surface area contributed by atoms with E-state index in [1.54, 1.807) is 0 Å². The molecule has 0 spiro atoms. The van der Waals surface area contributed by atoms with Gasteiger partial charge in [0.15, 0.2) is 0 Å². The van der Waals surface area contributed by atoms with E-state index in [4.69, 9.17) is 0 Å². The highest BCUT2D eigenvalue weighted by Gasteiger charge is 2.34. The van der Waals surface area contributed by atoms with Crippen molar-refractivity contribution >= 4 is 0 Å². The van der Waals surface area contributed by atoms with Crippen LogP contribution in [0, 0.1) is 5.92 Å². The van der Waals surface area contributed by atoms with Gasteiger partial charge in [-0.25, -0.2) is 9.97 Å². The average molecular weight is 218 g/mol. The van der Waals surface area contributed by atoms with Crippen LogP contribution in [0.25, 0.3) is 0 Å². The molecule has 0 radical (unpaired) electrons. The summed E-state index contributed by atoms with van der Waals surface area (Å²) in [6.45, 7) is 3.98. The monoisotopic (exact) mass is 218 g/mol. The number of aromatic nitrogens is 2. The Labute approximate surface area is 86.6 Å². The predicted molar refractivity (Wildman–Crippen MR) is 50.2 cm³/mol. The summed E-state index contributed by atoms with van der Waals surface area (Å²) in [5.74, 6) is -0.718. The normalized spacial score (nSPS) is 13.9. The molecule has 1 heterocycles. The maximum absolute atomic E-state index is 12.3. The molecule has 0 saturated heterocycles. The fourth-order valence-electron chi connectivity index (χ4n) is 1.15. The topological polar surface area (TPSA) is 25.8 Å². The van der Waals surface area contributed by atoms with Gasteiger partial charge >= 0.3 is 6.18 Å². The summed E-state index contributed by atoms with van der Waals surface area (Å²) in [5.41, 5.74) is 0.451. The quantitative estimate of drug-likeness (QED) is 0.779. The molecule has 0 saturated carbocycles. The molecule has 0 aliphatic rings. The molecule has 0 aliphatic carbocycles. The third-order valence-electron chi connectivity index (χ3n) is 2.22. The summed E-state index contributed by atoms with van der Waals surface area (Å²) in [5, 5.41) is 0. The molecule has 0 aromatic carbocycles. The van der Waals surface area contributed by atoms with E-state index < -0.39 is 12.0 Å². The fraction of sp³-hybridized carbons (Fsp3) is 0.600. The Morgan fingerprint density at radius 3 is 2.60 bits per heavy atom. The zero-order valence-corrected chi connectivity index (χ0v) is 8.67. The van der Waals surface area contributed by atoms with Gasteiger partial charge in [0.25, 0.3) is 0 Å². The maximum atomic E-state index is 12.3. The molecule has 1 atom stereocenters. The van der Waals surface area contributed by atoms with E-state index >= 15 is 0 Å². The van der Waals surface area contributed by atoms with Crippen molar-refractivity contribution in [3.05, 3.63) is 23.8 Å². The van der Waals surface area contributed by atoms with Crippen molar-refractivity contribution in [3.8, 4) is 0 Å². The molecule has 5 heteroatoms. The van der Waals surface area contributed by atoms with Crippen LogP contribution in [0.5, 0.6) is 0 Å². The summed E-state index contributed by atoms with van der Waals surface area (Å²) < 4.78 is 36.8. The van der Waals surface area contributed by atoms with E-state index in [0.717, 1.165) is 12.6 Å². The van der Waals surface area contributed by atoms with Gasteiger partial charge in [0, 0.05) is 11.9 Å². The maximum Gasteiger partial charge on any atom is 0.451 e. The predicted octanol–water partition coefficient (Wildman–Crippen LogP) is 3.08. The van der Waals surface area contributed by atoms with Crippen LogP contribution < -0.4 is 0 Å². The van der Waals surface area contributed by atoms with Gasteiger partial charge in [0.2, 0.25) is 5.82 Å². The van der Waals surface area contributed by atoms with Gasteiger partial charge in [-0.05, 0) is 18.4 Å². The molecule has 84 valence electrons. The van der Waals surface area contributed by atoms with Gasteiger partial charge in [-0.3, -0.25) is 0 Å². The Morgan fingerprint density at radius 2 is 2.07 bits per heavy atom. The molecule has 1 aromatic heterocycles. The van der Waals surface area contributed by atoms with Crippen molar-refractivity contribution in [1.29, 1.82) is 0 Å². The van der Waals surface area contributed by atoms with E-state index in [0.29, 0.717) is 18.0 Å². The number of halogens is 3. The van der Waals surface area contributed by atoms with Crippen molar-refractivity contribution in [3.63, 3.8) is 0 Å². The molecule has 1 unspecified atom stereocenters. The minimum Gasteiger partial charge on any atom is -0.233 e. The second-order valence-electron chi connectivity index (χ2n) is 3.59. The van der Waals surface area contributed by atoms with Crippen molar-refractivity contribution in [1.82, 2.24) is 9.97 Å². The van der Waals surface area contributed by atoms with E-state index in [-0.39, 0.29) is 0 Å². The van der Waals surface area contributed by atoms with Crippen LogP contribution in [0.15, 0.2) is 12.3 Å². The van der Waals surface area contributed by atoms with E-state index in [1.807, 2.05) is 13.8 Å². The van der Waals surface area contributed by atoms with Crippen molar-refractivity contribution in [2.75, 3.05) is 0 Å². The highest BCUT2D eigenvalue weighted by atomic mass is 19.4. The van der Waals surface area contributed by atoms with Gasteiger partial charge in [-0.1, -0.05) is 20.3 Å². The molecule has 0 aliphatic heterocycles. The Hall–Kier alpha value is -1.13. The number of hydrogen-bond donors (Lipinski definition) is 0. The molecule has 0 bridgehead atoms. The Balaban J connectivity index is 2.84. The van der Waals surface area contributed by atoms with E-state index in [1.165, 1.54) is 6.07 Å². The Morgan fingerprint density at radius 1 is 1.40 bits per heavy atom. The zero-order chi connectivity index (χ0) is 11.5. The SMILES string of the molecule is CCC(C)Cc1ccnc(C(F)(F)F)n1. The Bertz CT molecular complexity index is 323.